The molecule has 0 rings (SSSR count). The van der Waals surface area contributed by atoms with Gasteiger partial charge in [-0.05, 0) is 96.8 Å². The molecule has 0 radical (unpaired) electrons. The first kappa shape index (κ1) is 60.0. The Morgan fingerprint density at radius 2 is 0.880 bits per heavy atom. The molecule has 2 atom stereocenters. The molecule has 50 heavy (non-hydrogen) atoms. The van der Waals surface area contributed by atoms with E-state index in [-0.39, 0.29) is 55.0 Å². The summed E-state index contributed by atoms with van der Waals surface area (Å²) in [7, 11) is 0. The predicted octanol–water partition coefficient (Wildman–Crippen LogP) is 9.71. The van der Waals surface area contributed by atoms with Crippen molar-refractivity contribution in [3.05, 3.63) is 72.9 Å². The summed E-state index contributed by atoms with van der Waals surface area (Å²) in [5.41, 5.74) is 0. The molecular formula is C43H79LiO6. The maximum atomic E-state index is 11.7. The summed E-state index contributed by atoms with van der Waals surface area (Å²) in [4.78, 5) is 22.6. The first-order chi connectivity index (χ1) is 22.5. The number of carbonyl (C=O) groups is 2. The van der Waals surface area contributed by atoms with Crippen molar-refractivity contribution >= 4 is 11.9 Å². The maximum absolute atomic E-state index is 11.7. The van der Waals surface area contributed by atoms with E-state index in [0.717, 1.165) is 89.9 Å². The van der Waals surface area contributed by atoms with Crippen LogP contribution in [0.25, 0.3) is 0 Å². The first-order valence-electron chi connectivity index (χ1n) is 18.8. The largest absolute Gasteiger partial charge is 1.00 e. The van der Waals surface area contributed by atoms with E-state index in [4.69, 9.17) is 9.84 Å². The van der Waals surface area contributed by atoms with Gasteiger partial charge in [-0.2, -0.15) is 0 Å². The van der Waals surface area contributed by atoms with Crippen LogP contribution in [0.1, 0.15) is 170 Å². The fourth-order valence-electron chi connectivity index (χ4n) is 4.92. The molecule has 0 bridgehead atoms. The minimum atomic E-state index is -0.635. The van der Waals surface area contributed by atoms with Crippen LogP contribution in [-0.4, -0.2) is 34.6 Å². The Morgan fingerprint density at radius 1 is 0.540 bits per heavy atom. The minimum absolute atomic E-state index is 0. The van der Waals surface area contributed by atoms with Gasteiger partial charge in [0.25, 0.3) is 0 Å². The number of esters is 1. The molecule has 0 saturated heterocycles. The molecule has 288 valence electrons. The topological polar surface area (TPSA) is 125 Å². The van der Waals surface area contributed by atoms with Gasteiger partial charge in [0.2, 0.25) is 0 Å². The van der Waals surface area contributed by atoms with Gasteiger partial charge >= 0.3 is 30.8 Å². The van der Waals surface area contributed by atoms with Crippen LogP contribution in [0.4, 0.5) is 0 Å². The van der Waals surface area contributed by atoms with Crippen molar-refractivity contribution in [2.75, 3.05) is 6.61 Å². The second-order valence-corrected chi connectivity index (χ2v) is 11.9. The van der Waals surface area contributed by atoms with Gasteiger partial charge in [-0.3, -0.25) is 9.59 Å². The Balaban J connectivity index is -0.000000180. The van der Waals surface area contributed by atoms with Crippen LogP contribution in [-0.2, 0) is 14.3 Å². The van der Waals surface area contributed by atoms with Crippen molar-refractivity contribution in [2.45, 2.75) is 170 Å². The van der Waals surface area contributed by atoms with Crippen molar-refractivity contribution in [1.82, 2.24) is 0 Å². The Bertz CT molecular complexity index is 859. The maximum Gasteiger partial charge on any atom is 1.00 e. The zero-order chi connectivity index (χ0) is 34.4. The van der Waals surface area contributed by atoms with Crippen LogP contribution in [0, 0.1) is 11.8 Å². The van der Waals surface area contributed by atoms with Crippen molar-refractivity contribution < 1.29 is 49.2 Å². The van der Waals surface area contributed by atoms with E-state index in [1.807, 2.05) is 13.8 Å². The van der Waals surface area contributed by atoms with Crippen LogP contribution in [0.15, 0.2) is 72.9 Å². The molecule has 0 fully saturated rings. The van der Waals surface area contributed by atoms with Crippen molar-refractivity contribution in [3.63, 3.8) is 0 Å². The van der Waals surface area contributed by atoms with Crippen molar-refractivity contribution in [3.8, 4) is 0 Å². The predicted molar refractivity (Wildman–Crippen MR) is 213 cm³/mol. The molecule has 6 nitrogen and oxygen atoms in total. The number of carboxylic acids is 1. The van der Waals surface area contributed by atoms with Crippen LogP contribution in [0.2, 0.25) is 0 Å². The molecule has 0 amide bonds. The Morgan fingerprint density at radius 3 is 1.22 bits per heavy atom. The van der Waals surface area contributed by atoms with Gasteiger partial charge in [0.05, 0.1) is 18.4 Å². The van der Waals surface area contributed by atoms with E-state index in [1.54, 1.807) is 0 Å². The average molecular weight is 699 g/mol. The van der Waals surface area contributed by atoms with E-state index in [2.05, 4.69) is 93.7 Å². The Hall–Kier alpha value is -2.10. The molecule has 4 N–H and O–H groups in total. The Kier molecular flexibility index (Phi) is 61.5. The van der Waals surface area contributed by atoms with E-state index >= 15 is 0 Å². The first-order valence-corrected chi connectivity index (χ1v) is 18.8. The van der Waals surface area contributed by atoms with Gasteiger partial charge in [-0.1, -0.05) is 147 Å². The molecule has 0 heterocycles. The summed E-state index contributed by atoms with van der Waals surface area (Å²) in [6.45, 7) is 10.7. The fourth-order valence-corrected chi connectivity index (χ4v) is 4.92. The second kappa shape index (κ2) is 51.3. The van der Waals surface area contributed by atoms with Crippen LogP contribution in [0.3, 0.4) is 0 Å². The van der Waals surface area contributed by atoms with Crippen LogP contribution in [0.5, 0.6) is 0 Å². The monoisotopic (exact) mass is 699 g/mol. The van der Waals surface area contributed by atoms with Crippen LogP contribution < -0.4 is 18.9 Å². The van der Waals surface area contributed by atoms with Gasteiger partial charge in [-0.25, -0.2) is 0 Å². The third kappa shape index (κ3) is 45.9. The molecule has 0 aromatic rings. The number of hydrogen-bond donors (Lipinski definition) is 1. The number of carboxylic acid groups (broad SMARTS) is 1. The zero-order valence-corrected chi connectivity index (χ0v) is 32.6. The quantitative estimate of drug-likeness (QED) is 0.0360. The van der Waals surface area contributed by atoms with Gasteiger partial charge in [0.1, 0.15) is 0 Å². The van der Waals surface area contributed by atoms with E-state index in [0.29, 0.717) is 6.61 Å². The average Bonchev–Trinajstić information content (AvgIpc) is 3.05. The zero-order valence-electron chi connectivity index (χ0n) is 32.6. The SMILES string of the molecule is C.CC/C=C\C/C=C\C/C=C\CCCCCCC(CC)C(=O)O.CC/C=C\C/C=C\C/C=C\CCCCCCC(CC)C(=O)OCC.O.[Li+].[OH-]. The van der Waals surface area contributed by atoms with E-state index in [9.17, 15) is 9.59 Å². The molecular weight excluding hydrogens is 619 g/mol. The number of ether oxygens (including phenoxy) is 1. The molecule has 0 saturated carbocycles. The number of aliphatic carboxylic acids is 1. The molecule has 2 unspecified atom stereocenters. The standard InChI is InChI=1S/C22H38O2.C20H34O2.CH4.Li.2H2O/c1-4-7-8-9-10-11-12-13-14-15-16-17-18-19-20-21(5-2)22(23)24-6-3;1-3-5-6-7-8-9-10-11-12-13-14-15-16-17-18-19(4-2)20(21)22;;;;/h7-8,10-11,13-14,21H,4-6,9,12,15-20H2,1-3H3;5-6,8-9,11-12,19H,3-4,7,10,13-18H2,1-2H3,(H,21,22);1H4;;2*1H2/q;;;+1;;/p-1/b8-7-,11-10-,14-13-;6-5-,9-8-,12-11-;;;;. The molecule has 0 aromatic carbocycles. The number of rotatable bonds is 29. The van der Waals surface area contributed by atoms with Crippen molar-refractivity contribution in [1.29, 1.82) is 0 Å². The van der Waals surface area contributed by atoms with Gasteiger partial charge in [-0.15, -0.1) is 0 Å². The summed E-state index contributed by atoms with van der Waals surface area (Å²) in [6, 6.07) is 0. The summed E-state index contributed by atoms with van der Waals surface area (Å²) >= 11 is 0. The van der Waals surface area contributed by atoms with Crippen molar-refractivity contribution in [2.24, 2.45) is 11.8 Å². The third-order valence-corrected chi connectivity index (χ3v) is 7.86. The molecule has 0 aliphatic heterocycles. The third-order valence-electron chi connectivity index (χ3n) is 7.86. The van der Waals surface area contributed by atoms with E-state index < -0.39 is 5.97 Å². The summed E-state index contributed by atoms with van der Waals surface area (Å²) in [5.74, 6) is -0.687. The summed E-state index contributed by atoms with van der Waals surface area (Å²) in [6.07, 6.45) is 48.3. The fraction of sp³-hybridized carbons (Fsp3) is 0.674. The number of carbonyl (C=O) groups excluding carboxylic acids is 1. The molecule has 0 aliphatic rings. The summed E-state index contributed by atoms with van der Waals surface area (Å²) < 4.78 is 5.11. The number of hydrogen-bond acceptors (Lipinski definition) is 4. The number of allylic oxidation sites excluding steroid dienone is 12. The summed E-state index contributed by atoms with van der Waals surface area (Å²) in [5, 5.41) is 8.96. The molecule has 0 aliphatic carbocycles. The number of unbranched alkanes of at least 4 members (excludes halogenated alkanes) is 8. The molecule has 0 aromatic heterocycles. The van der Waals surface area contributed by atoms with Gasteiger partial charge in [0, 0.05) is 0 Å². The van der Waals surface area contributed by atoms with Crippen LogP contribution >= 0.6 is 0 Å². The normalized spacial score (nSPS) is 12.3. The molecule has 7 heteroatoms. The molecule has 0 spiro atoms. The van der Waals surface area contributed by atoms with Gasteiger partial charge in [0.15, 0.2) is 0 Å². The smallest absolute Gasteiger partial charge is 0.870 e. The Labute approximate surface area is 321 Å². The minimum Gasteiger partial charge on any atom is -0.870 e. The van der Waals surface area contributed by atoms with E-state index in [1.165, 1.54) is 38.5 Å². The second-order valence-electron chi connectivity index (χ2n) is 11.9. The van der Waals surface area contributed by atoms with Gasteiger partial charge < -0.3 is 20.8 Å².